The normalized spacial score (nSPS) is 18.0. The Morgan fingerprint density at radius 3 is 2.65 bits per heavy atom. The Kier molecular flexibility index (Phi) is 3.74. The first-order chi connectivity index (χ1) is 8.19. The molecule has 0 spiro atoms. The minimum absolute atomic E-state index is 0.530. The molecule has 0 aliphatic carbocycles. The molecule has 4 heteroatoms. The summed E-state index contributed by atoms with van der Waals surface area (Å²) in [6, 6.07) is 6.32. The van der Waals surface area contributed by atoms with Crippen molar-refractivity contribution in [3.05, 3.63) is 18.2 Å². The van der Waals surface area contributed by atoms with E-state index < -0.39 is 0 Å². The molecule has 94 valence electrons. The van der Waals surface area contributed by atoms with Crippen LogP contribution in [-0.4, -0.2) is 38.2 Å². The number of likely N-dealkylation sites (tertiary alicyclic amines) is 1. The molecule has 1 aromatic carbocycles. The van der Waals surface area contributed by atoms with Crippen molar-refractivity contribution in [2.24, 2.45) is 0 Å². The van der Waals surface area contributed by atoms with Gasteiger partial charge in [0.1, 0.15) is 5.75 Å². The van der Waals surface area contributed by atoms with Gasteiger partial charge < -0.3 is 20.7 Å². The standard InChI is InChI=1S/C13H21N3O/c1-16-7-5-10(6-8-16)15-13-4-3-11(17-2)9-12(13)14/h3-4,9-10,15H,5-8,14H2,1-2H3. The second-order valence-electron chi connectivity index (χ2n) is 4.68. The van der Waals surface area contributed by atoms with Crippen LogP contribution in [0, 0.1) is 0 Å². The number of benzene rings is 1. The van der Waals surface area contributed by atoms with E-state index in [1.54, 1.807) is 7.11 Å². The topological polar surface area (TPSA) is 50.5 Å². The van der Waals surface area contributed by atoms with Crippen LogP contribution in [0.5, 0.6) is 5.75 Å². The minimum atomic E-state index is 0.530. The minimum Gasteiger partial charge on any atom is -0.497 e. The Morgan fingerprint density at radius 2 is 2.06 bits per heavy atom. The number of rotatable bonds is 3. The Labute approximate surface area is 103 Å². The summed E-state index contributed by atoms with van der Waals surface area (Å²) >= 11 is 0. The highest BCUT2D eigenvalue weighted by atomic mass is 16.5. The number of methoxy groups -OCH3 is 1. The summed E-state index contributed by atoms with van der Waals surface area (Å²) in [6.45, 7) is 2.29. The van der Waals surface area contributed by atoms with Gasteiger partial charge in [-0.2, -0.15) is 0 Å². The highest BCUT2D eigenvalue weighted by Gasteiger charge is 2.16. The molecule has 1 heterocycles. The Balaban J connectivity index is 1.99. The molecule has 1 aliphatic rings. The van der Waals surface area contributed by atoms with Crippen molar-refractivity contribution < 1.29 is 4.74 Å². The highest BCUT2D eigenvalue weighted by molar-refractivity contribution is 5.68. The number of nitrogens with two attached hydrogens (primary N) is 1. The van der Waals surface area contributed by atoms with E-state index >= 15 is 0 Å². The molecule has 3 N–H and O–H groups in total. The van der Waals surface area contributed by atoms with E-state index in [1.165, 1.54) is 12.8 Å². The zero-order chi connectivity index (χ0) is 12.3. The van der Waals surface area contributed by atoms with Crippen LogP contribution in [0.2, 0.25) is 0 Å². The molecule has 0 unspecified atom stereocenters. The van der Waals surface area contributed by atoms with E-state index in [0.29, 0.717) is 6.04 Å². The van der Waals surface area contributed by atoms with E-state index in [2.05, 4.69) is 17.3 Å². The van der Waals surface area contributed by atoms with E-state index in [0.717, 1.165) is 30.2 Å². The maximum atomic E-state index is 5.99. The van der Waals surface area contributed by atoms with Gasteiger partial charge in [-0.3, -0.25) is 0 Å². The van der Waals surface area contributed by atoms with E-state index in [1.807, 2.05) is 18.2 Å². The molecule has 1 fully saturated rings. The fourth-order valence-electron chi connectivity index (χ4n) is 2.17. The molecule has 1 aromatic rings. The number of hydrogen-bond acceptors (Lipinski definition) is 4. The smallest absolute Gasteiger partial charge is 0.121 e. The van der Waals surface area contributed by atoms with Gasteiger partial charge in [-0.25, -0.2) is 0 Å². The number of piperidine rings is 1. The molecule has 0 amide bonds. The van der Waals surface area contributed by atoms with Crippen LogP contribution in [0.25, 0.3) is 0 Å². The maximum Gasteiger partial charge on any atom is 0.121 e. The largest absolute Gasteiger partial charge is 0.497 e. The van der Waals surface area contributed by atoms with E-state index in [9.17, 15) is 0 Å². The quantitative estimate of drug-likeness (QED) is 0.784. The maximum absolute atomic E-state index is 5.99. The van der Waals surface area contributed by atoms with Crippen LogP contribution in [0.1, 0.15) is 12.8 Å². The van der Waals surface area contributed by atoms with E-state index in [-0.39, 0.29) is 0 Å². The fourth-order valence-corrected chi connectivity index (χ4v) is 2.17. The number of hydrogen-bond donors (Lipinski definition) is 2. The lowest BCUT2D eigenvalue weighted by Gasteiger charge is -2.30. The molecular weight excluding hydrogens is 214 g/mol. The monoisotopic (exact) mass is 235 g/mol. The lowest BCUT2D eigenvalue weighted by atomic mass is 10.0. The number of anilines is 2. The van der Waals surface area contributed by atoms with Crippen LogP contribution in [0.3, 0.4) is 0 Å². The molecule has 0 radical (unpaired) electrons. The summed E-state index contributed by atoms with van der Waals surface area (Å²) in [6.07, 6.45) is 2.34. The number of nitrogens with one attached hydrogen (secondary N) is 1. The third-order valence-corrected chi connectivity index (χ3v) is 3.34. The zero-order valence-corrected chi connectivity index (χ0v) is 10.6. The summed E-state index contributed by atoms with van der Waals surface area (Å²) in [5.74, 6) is 0.802. The van der Waals surface area contributed by atoms with E-state index in [4.69, 9.17) is 10.5 Å². The lowest BCUT2D eigenvalue weighted by molar-refractivity contribution is 0.264. The van der Waals surface area contributed by atoms with Crippen molar-refractivity contribution in [2.45, 2.75) is 18.9 Å². The second kappa shape index (κ2) is 5.27. The summed E-state index contributed by atoms with van der Waals surface area (Å²) in [4.78, 5) is 2.36. The first-order valence-corrected chi connectivity index (χ1v) is 6.07. The van der Waals surface area contributed by atoms with Crippen LogP contribution in [0.15, 0.2) is 18.2 Å². The summed E-state index contributed by atoms with van der Waals surface area (Å²) in [5.41, 5.74) is 7.76. The molecule has 0 bridgehead atoms. The molecule has 17 heavy (non-hydrogen) atoms. The molecule has 0 saturated carbocycles. The molecule has 1 aliphatic heterocycles. The van der Waals surface area contributed by atoms with Crippen molar-refractivity contribution in [1.29, 1.82) is 0 Å². The van der Waals surface area contributed by atoms with Gasteiger partial charge in [0, 0.05) is 12.1 Å². The van der Waals surface area contributed by atoms with Gasteiger partial charge >= 0.3 is 0 Å². The lowest BCUT2D eigenvalue weighted by Crippen LogP contribution is -2.36. The van der Waals surface area contributed by atoms with Crippen molar-refractivity contribution in [2.75, 3.05) is 38.3 Å². The third kappa shape index (κ3) is 3.03. The van der Waals surface area contributed by atoms with Crippen molar-refractivity contribution in [3.63, 3.8) is 0 Å². The fraction of sp³-hybridized carbons (Fsp3) is 0.538. The van der Waals surface area contributed by atoms with Gasteiger partial charge in [0.25, 0.3) is 0 Å². The second-order valence-corrected chi connectivity index (χ2v) is 4.68. The zero-order valence-electron chi connectivity index (χ0n) is 10.6. The Hall–Kier alpha value is -1.42. The van der Waals surface area contributed by atoms with Gasteiger partial charge in [-0.05, 0) is 45.1 Å². The van der Waals surface area contributed by atoms with Crippen molar-refractivity contribution >= 4 is 11.4 Å². The summed E-state index contributed by atoms with van der Waals surface area (Å²) in [7, 11) is 3.82. The van der Waals surface area contributed by atoms with Crippen LogP contribution < -0.4 is 15.8 Å². The van der Waals surface area contributed by atoms with Crippen molar-refractivity contribution in [1.82, 2.24) is 4.90 Å². The molecule has 2 rings (SSSR count). The van der Waals surface area contributed by atoms with Crippen molar-refractivity contribution in [3.8, 4) is 5.75 Å². The molecule has 1 saturated heterocycles. The van der Waals surface area contributed by atoms with Gasteiger partial charge in [0.15, 0.2) is 0 Å². The third-order valence-electron chi connectivity index (χ3n) is 3.34. The van der Waals surface area contributed by atoms with Gasteiger partial charge in [-0.15, -0.1) is 0 Å². The van der Waals surface area contributed by atoms with Crippen LogP contribution >= 0.6 is 0 Å². The molecular formula is C13H21N3O. The summed E-state index contributed by atoms with van der Waals surface area (Å²) in [5, 5.41) is 3.51. The average molecular weight is 235 g/mol. The number of ether oxygens (including phenoxy) is 1. The predicted molar refractivity (Wildman–Crippen MR) is 71.5 cm³/mol. The van der Waals surface area contributed by atoms with Gasteiger partial charge in [0.05, 0.1) is 18.5 Å². The number of nitrogen functional groups attached to an aromatic ring is 1. The Bertz CT molecular complexity index is 373. The van der Waals surface area contributed by atoms with Gasteiger partial charge in [0.2, 0.25) is 0 Å². The molecule has 4 nitrogen and oxygen atoms in total. The first kappa shape index (κ1) is 12.0. The molecule has 0 aromatic heterocycles. The number of nitrogens with zero attached hydrogens (tertiary/aromatic N) is 1. The predicted octanol–water partition coefficient (Wildman–Crippen LogP) is 1.78. The van der Waals surface area contributed by atoms with Crippen LogP contribution in [0.4, 0.5) is 11.4 Å². The molecule has 0 atom stereocenters. The summed E-state index contributed by atoms with van der Waals surface area (Å²) < 4.78 is 5.14. The average Bonchev–Trinajstić information content (AvgIpc) is 2.34. The SMILES string of the molecule is COc1ccc(NC2CCN(C)CC2)c(N)c1. The highest BCUT2D eigenvalue weighted by Crippen LogP contribution is 2.26. The van der Waals surface area contributed by atoms with Crippen LogP contribution in [-0.2, 0) is 0 Å². The first-order valence-electron chi connectivity index (χ1n) is 6.07. The van der Waals surface area contributed by atoms with Gasteiger partial charge in [-0.1, -0.05) is 0 Å². The Morgan fingerprint density at radius 1 is 1.35 bits per heavy atom.